The molecule has 1 amide bonds. The van der Waals surface area contributed by atoms with Crippen molar-refractivity contribution in [3.63, 3.8) is 0 Å². The average Bonchev–Trinajstić information content (AvgIpc) is 2.21. The minimum atomic E-state index is -0.434. The Morgan fingerprint density at radius 1 is 1.31 bits per heavy atom. The zero-order chi connectivity index (χ0) is 12.6. The minimum Gasteiger partial charge on any atom is -0.383 e. The molecule has 0 rings (SSSR count). The third-order valence-corrected chi connectivity index (χ3v) is 2.30. The van der Waals surface area contributed by atoms with E-state index in [1.807, 2.05) is 14.1 Å². The lowest BCUT2D eigenvalue weighted by molar-refractivity contribution is -0.132. The molecule has 0 aliphatic heterocycles. The van der Waals surface area contributed by atoms with E-state index in [9.17, 15) is 4.79 Å². The Bertz CT molecular complexity index is 196. The summed E-state index contributed by atoms with van der Waals surface area (Å²) < 4.78 is 4.98. The van der Waals surface area contributed by atoms with Crippen LogP contribution in [0.5, 0.6) is 0 Å². The van der Waals surface area contributed by atoms with E-state index in [2.05, 4.69) is 4.90 Å². The van der Waals surface area contributed by atoms with Crippen LogP contribution < -0.4 is 5.73 Å². The molecular weight excluding hydrogens is 206 g/mol. The van der Waals surface area contributed by atoms with Crippen molar-refractivity contribution in [3.05, 3.63) is 0 Å². The Morgan fingerprint density at radius 2 is 1.94 bits per heavy atom. The Morgan fingerprint density at radius 3 is 2.38 bits per heavy atom. The summed E-state index contributed by atoms with van der Waals surface area (Å²) in [4.78, 5) is 15.6. The minimum absolute atomic E-state index is 0.00388. The fourth-order valence-electron chi connectivity index (χ4n) is 1.40. The molecule has 0 aromatic carbocycles. The first kappa shape index (κ1) is 15.3. The number of rotatable bonds is 8. The summed E-state index contributed by atoms with van der Waals surface area (Å²) in [5, 5.41) is 0. The molecule has 0 aliphatic rings. The maximum Gasteiger partial charge on any atom is 0.239 e. The van der Waals surface area contributed by atoms with Crippen molar-refractivity contribution in [2.24, 2.45) is 5.73 Å². The topological polar surface area (TPSA) is 58.8 Å². The van der Waals surface area contributed by atoms with Gasteiger partial charge in [-0.15, -0.1) is 0 Å². The monoisotopic (exact) mass is 231 g/mol. The van der Waals surface area contributed by atoms with Gasteiger partial charge in [0.25, 0.3) is 0 Å². The van der Waals surface area contributed by atoms with Crippen LogP contribution in [0.3, 0.4) is 0 Å². The van der Waals surface area contributed by atoms with Gasteiger partial charge in [-0.2, -0.15) is 0 Å². The van der Waals surface area contributed by atoms with Crippen LogP contribution in [0.4, 0.5) is 0 Å². The van der Waals surface area contributed by atoms with E-state index in [0.29, 0.717) is 13.2 Å². The molecule has 2 N–H and O–H groups in total. The highest BCUT2D eigenvalue weighted by Crippen LogP contribution is 1.97. The van der Waals surface area contributed by atoms with Crippen molar-refractivity contribution >= 4 is 5.91 Å². The first-order valence-corrected chi connectivity index (χ1v) is 5.67. The largest absolute Gasteiger partial charge is 0.383 e. The predicted molar refractivity (Wildman–Crippen MR) is 65.3 cm³/mol. The number of methoxy groups -OCH3 is 1. The maximum absolute atomic E-state index is 11.8. The summed E-state index contributed by atoms with van der Waals surface area (Å²) in [6, 6.07) is -0.434. The molecule has 0 fully saturated rings. The van der Waals surface area contributed by atoms with Gasteiger partial charge in [-0.1, -0.05) is 0 Å². The van der Waals surface area contributed by atoms with Gasteiger partial charge in [0.2, 0.25) is 5.91 Å². The van der Waals surface area contributed by atoms with Crippen LogP contribution in [0, 0.1) is 0 Å². The fourth-order valence-corrected chi connectivity index (χ4v) is 1.40. The summed E-state index contributed by atoms with van der Waals surface area (Å²) in [5.74, 6) is -0.00388. The van der Waals surface area contributed by atoms with Gasteiger partial charge in [0.1, 0.15) is 0 Å². The lowest BCUT2D eigenvalue weighted by Crippen LogP contribution is -2.44. The molecule has 1 atom stereocenters. The fraction of sp³-hybridized carbons (Fsp3) is 0.909. The second kappa shape index (κ2) is 8.50. The van der Waals surface area contributed by atoms with E-state index < -0.39 is 6.04 Å². The van der Waals surface area contributed by atoms with Crippen molar-refractivity contribution in [1.29, 1.82) is 0 Å². The van der Waals surface area contributed by atoms with Crippen LogP contribution in [0.1, 0.15) is 13.3 Å². The second-order valence-corrected chi connectivity index (χ2v) is 4.26. The molecule has 0 saturated heterocycles. The second-order valence-electron chi connectivity index (χ2n) is 4.26. The summed E-state index contributed by atoms with van der Waals surface area (Å²) in [6.07, 6.45) is 0.954. The molecular formula is C11H25N3O2. The lowest BCUT2D eigenvalue weighted by atomic mass is 10.2. The zero-order valence-corrected chi connectivity index (χ0v) is 10.9. The summed E-state index contributed by atoms with van der Waals surface area (Å²) in [5.41, 5.74) is 5.60. The highest BCUT2D eigenvalue weighted by molar-refractivity contribution is 5.81. The Labute approximate surface area is 98.5 Å². The van der Waals surface area contributed by atoms with Gasteiger partial charge < -0.3 is 20.3 Å². The molecule has 16 heavy (non-hydrogen) atoms. The van der Waals surface area contributed by atoms with Crippen LogP contribution in [0.15, 0.2) is 0 Å². The molecule has 5 nitrogen and oxygen atoms in total. The summed E-state index contributed by atoms with van der Waals surface area (Å²) in [6.45, 7) is 4.59. The van der Waals surface area contributed by atoms with Gasteiger partial charge in [-0.25, -0.2) is 0 Å². The van der Waals surface area contributed by atoms with Crippen LogP contribution in [-0.2, 0) is 9.53 Å². The highest BCUT2D eigenvalue weighted by Gasteiger charge is 2.16. The average molecular weight is 231 g/mol. The highest BCUT2D eigenvalue weighted by atomic mass is 16.5. The molecule has 96 valence electrons. The number of nitrogens with zero attached hydrogens (tertiary/aromatic N) is 2. The van der Waals surface area contributed by atoms with Crippen molar-refractivity contribution in [2.75, 3.05) is 47.4 Å². The third kappa shape index (κ3) is 6.76. The normalized spacial score (nSPS) is 12.9. The van der Waals surface area contributed by atoms with Crippen LogP contribution in [0.2, 0.25) is 0 Å². The van der Waals surface area contributed by atoms with Crippen molar-refractivity contribution in [3.8, 4) is 0 Å². The van der Waals surface area contributed by atoms with Crippen molar-refractivity contribution in [2.45, 2.75) is 19.4 Å². The first-order chi connectivity index (χ1) is 7.49. The Hall–Kier alpha value is -0.650. The lowest BCUT2D eigenvalue weighted by Gasteiger charge is -2.24. The van der Waals surface area contributed by atoms with Gasteiger partial charge >= 0.3 is 0 Å². The Balaban J connectivity index is 4.04. The standard InChI is InChI=1S/C11H25N3O2/c1-10(12)11(15)14(8-9-16-4)7-5-6-13(2)3/h10H,5-9,12H2,1-4H3/t10-/m0/s1. The number of carbonyl (C=O) groups is 1. The van der Waals surface area contributed by atoms with Crippen LogP contribution >= 0.6 is 0 Å². The van der Waals surface area contributed by atoms with Crippen LogP contribution in [-0.4, -0.2) is 69.2 Å². The molecule has 5 heteroatoms. The molecule has 0 aromatic rings. The SMILES string of the molecule is COCCN(CCCN(C)C)C(=O)[C@H](C)N. The Kier molecular flexibility index (Phi) is 8.15. The van der Waals surface area contributed by atoms with Crippen LogP contribution in [0.25, 0.3) is 0 Å². The van der Waals surface area contributed by atoms with Crippen molar-refractivity contribution < 1.29 is 9.53 Å². The summed E-state index contributed by atoms with van der Waals surface area (Å²) >= 11 is 0. The van der Waals surface area contributed by atoms with Gasteiger partial charge in [0.15, 0.2) is 0 Å². The van der Waals surface area contributed by atoms with E-state index in [0.717, 1.165) is 19.5 Å². The molecule has 0 radical (unpaired) electrons. The number of hydrogen-bond donors (Lipinski definition) is 1. The number of hydrogen-bond acceptors (Lipinski definition) is 4. The van der Waals surface area contributed by atoms with E-state index in [-0.39, 0.29) is 5.91 Å². The van der Waals surface area contributed by atoms with Gasteiger partial charge in [-0.3, -0.25) is 4.79 Å². The molecule has 0 saturated carbocycles. The molecule has 0 bridgehead atoms. The molecule has 0 unspecified atom stereocenters. The predicted octanol–water partition coefficient (Wildman–Crippen LogP) is -0.240. The zero-order valence-electron chi connectivity index (χ0n) is 10.9. The maximum atomic E-state index is 11.8. The molecule has 0 aromatic heterocycles. The molecule has 0 heterocycles. The quantitative estimate of drug-likeness (QED) is 0.626. The van der Waals surface area contributed by atoms with E-state index in [4.69, 9.17) is 10.5 Å². The smallest absolute Gasteiger partial charge is 0.239 e. The number of ether oxygens (including phenoxy) is 1. The van der Waals surface area contributed by atoms with Crippen molar-refractivity contribution in [1.82, 2.24) is 9.80 Å². The van der Waals surface area contributed by atoms with Gasteiger partial charge in [0, 0.05) is 20.2 Å². The van der Waals surface area contributed by atoms with E-state index >= 15 is 0 Å². The molecule has 0 aliphatic carbocycles. The van der Waals surface area contributed by atoms with E-state index in [1.54, 1.807) is 18.9 Å². The number of nitrogens with two attached hydrogens (primary N) is 1. The number of carbonyl (C=O) groups excluding carboxylic acids is 1. The van der Waals surface area contributed by atoms with Gasteiger partial charge in [0.05, 0.1) is 12.6 Å². The third-order valence-electron chi connectivity index (χ3n) is 2.30. The molecule has 0 spiro atoms. The number of amides is 1. The van der Waals surface area contributed by atoms with Gasteiger partial charge in [-0.05, 0) is 34.0 Å². The first-order valence-electron chi connectivity index (χ1n) is 5.67. The summed E-state index contributed by atoms with van der Waals surface area (Å²) in [7, 11) is 5.67. The van der Waals surface area contributed by atoms with E-state index in [1.165, 1.54) is 0 Å².